The summed E-state index contributed by atoms with van der Waals surface area (Å²) < 4.78 is 11.4. The van der Waals surface area contributed by atoms with Gasteiger partial charge in [0.1, 0.15) is 11.9 Å². The molecule has 162 valence electrons. The Labute approximate surface area is 183 Å². The molecule has 3 rings (SSSR count). The number of hydrogen-bond donors (Lipinski definition) is 1. The molecule has 0 aliphatic carbocycles. The van der Waals surface area contributed by atoms with Crippen LogP contribution in [0.15, 0.2) is 67.3 Å². The number of carbonyl (C=O) groups is 1. The number of aromatic nitrogens is 3. The number of rotatable bonds is 12. The summed E-state index contributed by atoms with van der Waals surface area (Å²) in [6.45, 7) is 3.13. The Kier molecular flexibility index (Phi) is 9.01. The van der Waals surface area contributed by atoms with Crippen molar-refractivity contribution in [1.82, 2.24) is 15.0 Å². The van der Waals surface area contributed by atoms with Gasteiger partial charge in [0.05, 0.1) is 12.2 Å². The predicted molar refractivity (Wildman–Crippen MR) is 121 cm³/mol. The molecule has 6 heteroatoms. The van der Waals surface area contributed by atoms with E-state index < -0.39 is 12.1 Å². The zero-order valence-corrected chi connectivity index (χ0v) is 17.9. The molecule has 2 heterocycles. The lowest BCUT2D eigenvalue weighted by atomic mass is 10.1. The first-order valence-corrected chi connectivity index (χ1v) is 10.7. The zero-order valence-electron chi connectivity index (χ0n) is 17.9. The van der Waals surface area contributed by atoms with Crippen molar-refractivity contribution in [2.24, 2.45) is 0 Å². The third kappa shape index (κ3) is 7.83. The van der Waals surface area contributed by atoms with Gasteiger partial charge in [0, 0.05) is 37.8 Å². The smallest absolute Gasteiger partial charge is 0.340 e. The van der Waals surface area contributed by atoms with E-state index in [0.717, 1.165) is 37.1 Å². The van der Waals surface area contributed by atoms with Gasteiger partial charge in [-0.25, -0.2) is 9.78 Å². The Morgan fingerprint density at radius 2 is 2.03 bits per heavy atom. The van der Waals surface area contributed by atoms with Crippen molar-refractivity contribution in [3.63, 3.8) is 0 Å². The average Bonchev–Trinajstić information content (AvgIpc) is 3.31. The second-order valence-corrected chi connectivity index (χ2v) is 7.28. The molecule has 0 amide bonds. The first-order valence-electron chi connectivity index (χ1n) is 10.7. The molecule has 6 nitrogen and oxygen atoms in total. The van der Waals surface area contributed by atoms with Gasteiger partial charge in [-0.1, -0.05) is 50.1 Å². The van der Waals surface area contributed by atoms with Crippen LogP contribution in [0.25, 0.3) is 6.08 Å². The fourth-order valence-electron chi connectivity index (χ4n) is 3.02. The number of ether oxygens (including phenoxy) is 2. The molecule has 1 N–H and O–H groups in total. The van der Waals surface area contributed by atoms with Gasteiger partial charge in [0.25, 0.3) is 0 Å². The molecular formula is C25H29N3O3. The summed E-state index contributed by atoms with van der Waals surface area (Å²) >= 11 is 0. The van der Waals surface area contributed by atoms with Gasteiger partial charge in [-0.05, 0) is 35.8 Å². The van der Waals surface area contributed by atoms with Gasteiger partial charge in [-0.3, -0.25) is 4.98 Å². The van der Waals surface area contributed by atoms with E-state index in [-0.39, 0.29) is 0 Å². The number of benzene rings is 1. The highest BCUT2D eigenvalue weighted by Gasteiger charge is 2.14. The lowest BCUT2D eigenvalue weighted by molar-refractivity contribution is 0.0106. The Hall–Kier alpha value is -3.25. The van der Waals surface area contributed by atoms with Crippen molar-refractivity contribution < 1.29 is 14.3 Å². The van der Waals surface area contributed by atoms with E-state index in [1.807, 2.05) is 30.5 Å². The Bertz CT molecular complexity index is 922. The van der Waals surface area contributed by atoms with Crippen molar-refractivity contribution >= 4 is 12.0 Å². The molecule has 0 bridgehead atoms. The summed E-state index contributed by atoms with van der Waals surface area (Å²) in [6.07, 6.45) is 14.1. The number of esters is 1. The molecule has 3 aromatic rings. The zero-order chi connectivity index (χ0) is 21.7. The van der Waals surface area contributed by atoms with E-state index in [1.54, 1.807) is 24.5 Å². The van der Waals surface area contributed by atoms with Gasteiger partial charge in [0.2, 0.25) is 0 Å². The maximum Gasteiger partial charge on any atom is 0.340 e. The molecule has 0 saturated carbocycles. The lowest BCUT2D eigenvalue weighted by Gasteiger charge is -2.15. The minimum Gasteiger partial charge on any atom is -0.452 e. The van der Waals surface area contributed by atoms with Gasteiger partial charge in [-0.15, -0.1) is 0 Å². The number of pyridine rings is 1. The summed E-state index contributed by atoms with van der Waals surface area (Å²) in [5, 5.41) is 0. The van der Waals surface area contributed by atoms with Crippen LogP contribution in [0.2, 0.25) is 0 Å². The van der Waals surface area contributed by atoms with Gasteiger partial charge < -0.3 is 14.5 Å². The number of nitrogens with zero attached hydrogens (tertiary/aromatic N) is 2. The molecule has 0 aliphatic heterocycles. The Morgan fingerprint density at radius 1 is 1.16 bits per heavy atom. The topological polar surface area (TPSA) is 77.1 Å². The van der Waals surface area contributed by atoms with E-state index in [9.17, 15) is 4.79 Å². The van der Waals surface area contributed by atoms with E-state index in [1.165, 1.54) is 11.8 Å². The number of unbranched alkanes of at least 4 members (excludes halogenated alkanes) is 2. The quantitative estimate of drug-likeness (QED) is 0.336. The summed E-state index contributed by atoms with van der Waals surface area (Å²) in [7, 11) is 0. The SMILES string of the molecule is CCCCCOCC(/C=C/c1ccc(Cc2ncc[nH]2)cc1)OC(=O)c1cccnc1. The molecule has 1 atom stereocenters. The fourth-order valence-corrected chi connectivity index (χ4v) is 3.02. The van der Waals surface area contributed by atoms with Crippen molar-refractivity contribution in [3.05, 3.63) is 89.8 Å². The first-order chi connectivity index (χ1) is 15.2. The fraction of sp³-hybridized carbons (Fsp3) is 0.320. The Balaban J connectivity index is 1.60. The monoisotopic (exact) mass is 419 g/mol. The minimum atomic E-state index is -0.475. The van der Waals surface area contributed by atoms with Crippen LogP contribution in [0.1, 0.15) is 53.5 Å². The third-order valence-corrected chi connectivity index (χ3v) is 4.74. The molecule has 1 aromatic carbocycles. The van der Waals surface area contributed by atoms with E-state index in [4.69, 9.17) is 9.47 Å². The number of aromatic amines is 1. The largest absolute Gasteiger partial charge is 0.452 e. The van der Waals surface area contributed by atoms with Crippen LogP contribution in [0.3, 0.4) is 0 Å². The highest BCUT2D eigenvalue weighted by atomic mass is 16.6. The molecule has 2 aromatic heterocycles. The van der Waals surface area contributed by atoms with Gasteiger partial charge in [-0.2, -0.15) is 0 Å². The average molecular weight is 420 g/mol. The van der Waals surface area contributed by atoms with Crippen molar-refractivity contribution in [3.8, 4) is 0 Å². The van der Waals surface area contributed by atoms with E-state index in [0.29, 0.717) is 18.8 Å². The van der Waals surface area contributed by atoms with Crippen LogP contribution in [-0.2, 0) is 15.9 Å². The van der Waals surface area contributed by atoms with Crippen LogP contribution in [0, 0.1) is 0 Å². The first kappa shape index (κ1) is 22.4. The Morgan fingerprint density at radius 3 is 2.74 bits per heavy atom. The highest BCUT2D eigenvalue weighted by molar-refractivity contribution is 5.89. The molecule has 1 unspecified atom stereocenters. The molecule has 31 heavy (non-hydrogen) atoms. The number of H-pyrrole nitrogens is 1. The normalized spacial score (nSPS) is 12.2. The van der Waals surface area contributed by atoms with E-state index >= 15 is 0 Å². The van der Waals surface area contributed by atoms with Gasteiger partial charge in [0.15, 0.2) is 0 Å². The molecule has 0 aliphatic rings. The number of hydrogen-bond acceptors (Lipinski definition) is 5. The van der Waals surface area contributed by atoms with Crippen LogP contribution in [-0.4, -0.2) is 40.2 Å². The molecular weight excluding hydrogens is 390 g/mol. The predicted octanol–water partition coefficient (Wildman–Crippen LogP) is 4.84. The molecule has 0 saturated heterocycles. The standard InChI is InChI=1S/C25H29N3O3/c1-2-3-4-16-30-19-23(31-25(29)22-6-5-13-26-18-22)12-11-20-7-9-21(10-8-20)17-24-27-14-15-28-24/h5-15,18,23H,2-4,16-17,19H2,1H3,(H,27,28)/b12-11+. The number of imidazole rings is 1. The second kappa shape index (κ2) is 12.4. The summed E-state index contributed by atoms with van der Waals surface area (Å²) in [4.78, 5) is 23.8. The lowest BCUT2D eigenvalue weighted by Crippen LogP contribution is -2.22. The molecule has 0 spiro atoms. The summed E-state index contributed by atoms with van der Waals surface area (Å²) in [5.74, 6) is 0.527. The van der Waals surface area contributed by atoms with Crippen LogP contribution in [0.5, 0.6) is 0 Å². The highest BCUT2D eigenvalue weighted by Crippen LogP contribution is 2.12. The number of nitrogens with one attached hydrogen (secondary N) is 1. The maximum absolute atomic E-state index is 12.4. The third-order valence-electron chi connectivity index (χ3n) is 4.74. The van der Waals surface area contributed by atoms with Crippen molar-refractivity contribution in [2.45, 2.75) is 38.7 Å². The molecule has 0 radical (unpaired) electrons. The number of carbonyl (C=O) groups excluding carboxylic acids is 1. The van der Waals surface area contributed by atoms with E-state index in [2.05, 4.69) is 34.0 Å². The summed E-state index contributed by atoms with van der Waals surface area (Å²) in [6, 6.07) is 11.6. The van der Waals surface area contributed by atoms with Crippen molar-refractivity contribution in [1.29, 1.82) is 0 Å². The van der Waals surface area contributed by atoms with Gasteiger partial charge >= 0.3 is 5.97 Å². The second-order valence-electron chi connectivity index (χ2n) is 7.28. The molecule has 0 fully saturated rings. The summed E-state index contributed by atoms with van der Waals surface area (Å²) in [5.41, 5.74) is 2.62. The van der Waals surface area contributed by atoms with Crippen LogP contribution >= 0.6 is 0 Å². The maximum atomic E-state index is 12.4. The minimum absolute atomic E-state index is 0.322. The van der Waals surface area contributed by atoms with Crippen molar-refractivity contribution in [2.75, 3.05) is 13.2 Å². The van der Waals surface area contributed by atoms with Crippen LogP contribution < -0.4 is 0 Å². The van der Waals surface area contributed by atoms with Crippen LogP contribution in [0.4, 0.5) is 0 Å².